The summed E-state index contributed by atoms with van der Waals surface area (Å²) >= 11 is 0. The molecule has 0 aliphatic carbocycles. The van der Waals surface area contributed by atoms with Crippen LogP contribution in [-0.2, 0) is 19.1 Å². The fourth-order valence-electron chi connectivity index (χ4n) is 2.23. The maximum Gasteiger partial charge on any atom is 0.332 e. The molecule has 0 aromatic rings. The molecular weight excluding hydrogens is 224 g/mol. The third-order valence-electron chi connectivity index (χ3n) is 3.07. The number of hydrogen-bond donors (Lipinski definition) is 1. The van der Waals surface area contributed by atoms with Gasteiger partial charge in [0.1, 0.15) is 0 Å². The van der Waals surface area contributed by atoms with Gasteiger partial charge in [-0.1, -0.05) is 0 Å². The molecule has 2 unspecified atom stereocenters. The van der Waals surface area contributed by atoms with E-state index >= 15 is 0 Å². The number of fused-ring (bicyclic) bond motifs is 1. The molecule has 17 heavy (non-hydrogen) atoms. The highest BCUT2D eigenvalue weighted by Gasteiger charge is 2.51. The molecule has 2 amide bonds. The van der Waals surface area contributed by atoms with Gasteiger partial charge in [-0.15, -0.1) is 0 Å². The molecule has 0 saturated carbocycles. The summed E-state index contributed by atoms with van der Waals surface area (Å²) in [5, 5.41) is 2.92. The zero-order chi connectivity index (χ0) is 12.6. The van der Waals surface area contributed by atoms with Crippen molar-refractivity contribution in [2.45, 2.75) is 6.92 Å². The summed E-state index contributed by atoms with van der Waals surface area (Å²) < 4.78 is 4.78. The van der Waals surface area contributed by atoms with Crippen LogP contribution in [0, 0.1) is 11.8 Å². The monoisotopic (exact) mass is 238 g/mol. The van der Waals surface area contributed by atoms with Crippen molar-refractivity contribution in [1.29, 1.82) is 0 Å². The van der Waals surface area contributed by atoms with Gasteiger partial charge in [0.05, 0.1) is 18.4 Å². The third-order valence-corrected chi connectivity index (χ3v) is 3.07. The number of nitrogens with zero attached hydrogens (tertiary/aromatic N) is 1. The molecule has 2 aliphatic heterocycles. The molecule has 0 bridgehead atoms. The first-order chi connectivity index (χ1) is 8.06. The number of nitrogens with one attached hydrogen (secondary N) is 1. The normalized spacial score (nSPS) is 29.5. The minimum Gasteiger partial charge on any atom is -0.463 e. The fourth-order valence-corrected chi connectivity index (χ4v) is 2.23. The molecule has 2 heterocycles. The van der Waals surface area contributed by atoms with Crippen LogP contribution in [0.1, 0.15) is 6.92 Å². The lowest BCUT2D eigenvalue weighted by Crippen LogP contribution is -2.30. The van der Waals surface area contributed by atoms with Gasteiger partial charge in [0, 0.05) is 25.4 Å². The van der Waals surface area contributed by atoms with Gasteiger partial charge in [0.25, 0.3) is 0 Å². The van der Waals surface area contributed by atoms with Crippen molar-refractivity contribution < 1.29 is 19.1 Å². The average Bonchev–Trinajstić information content (AvgIpc) is 2.77. The highest BCUT2D eigenvalue weighted by molar-refractivity contribution is 6.07. The molecule has 6 heteroatoms. The summed E-state index contributed by atoms with van der Waals surface area (Å²) in [6.07, 6.45) is 1.26. The summed E-state index contributed by atoms with van der Waals surface area (Å²) in [5.41, 5.74) is 0.483. The number of hydrogen-bond acceptors (Lipinski definition) is 5. The molecule has 2 aliphatic rings. The smallest absolute Gasteiger partial charge is 0.332 e. The Hall–Kier alpha value is -1.85. The number of ether oxygens (including phenoxy) is 1. The van der Waals surface area contributed by atoms with Gasteiger partial charge < -0.3 is 10.1 Å². The van der Waals surface area contributed by atoms with Gasteiger partial charge in [-0.25, -0.2) is 4.79 Å². The zero-order valence-corrected chi connectivity index (χ0v) is 9.73. The van der Waals surface area contributed by atoms with Crippen LogP contribution in [0.2, 0.25) is 0 Å². The molecule has 0 aromatic carbocycles. The van der Waals surface area contributed by atoms with Crippen LogP contribution in [0.25, 0.3) is 0 Å². The Kier molecular flexibility index (Phi) is 2.87. The number of carbonyl (C=O) groups is 3. The first kappa shape index (κ1) is 11.6. The van der Waals surface area contributed by atoms with Gasteiger partial charge in [0.2, 0.25) is 11.8 Å². The summed E-state index contributed by atoms with van der Waals surface area (Å²) in [6.45, 7) is 2.38. The summed E-state index contributed by atoms with van der Waals surface area (Å²) in [5.74, 6) is -1.88. The molecule has 1 N–H and O–H groups in total. The van der Waals surface area contributed by atoms with Gasteiger partial charge in [-0.3, -0.25) is 14.5 Å². The molecule has 0 spiro atoms. The maximum atomic E-state index is 11.8. The minimum absolute atomic E-state index is 0.195. The van der Waals surface area contributed by atoms with Crippen molar-refractivity contribution >= 4 is 17.8 Å². The summed E-state index contributed by atoms with van der Waals surface area (Å²) in [7, 11) is 1.46. The van der Waals surface area contributed by atoms with Crippen LogP contribution >= 0.6 is 0 Å². The lowest BCUT2D eigenvalue weighted by Gasteiger charge is -2.10. The third kappa shape index (κ3) is 1.79. The highest BCUT2D eigenvalue weighted by atomic mass is 16.5. The number of likely N-dealkylation sites (tertiary alicyclic amines) is 1. The molecule has 0 aromatic heterocycles. The molecule has 2 rings (SSSR count). The summed E-state index contributed by atoms with van der Waals surface area (Å²) in [6, 6.07) is 0. The van der Waals surface area contributed by atoms with E-state index in [0.29, 0.717) is 12.2 Å². The topological polar surface area (TPSA) is 75.7 Å². The molecule has 2 atom stereocenters. The van der Waals surface area contributed by atoms with E-state index in [9.17, 15) is 14.4 Å². The van der Waals surface area contributed by atoms with Crippen molar-refractivity contribution in [2.75, 3.05) is 20.2 Å². The standard InChI is InChI=1S/C11H14N2O4/c1-3-17-8(14)4-7-9-6(5-12-7)10(15)13(2)11(9)16/h4,6,9,12H,3,5H2,1-2H3. The largest absolute Gasteiger partial charge is 0.463 e. The molecular formula is C11H14N2O4. The van der Waals surface area contributed by atoms with E-state index in [1.807, 2.05) is 0 Å². The minimum atomic E-state index is -0.545. The van der Waals surface area contributed by atoms with Crippen LogP contribution in [0.4, 0.5) is 0 Å². The molecule has 0 radical (unpaired) electrons. The van der Waals surface area contributed by atoms with E-state index in [1.54, 1.807) is 6.92 Å². The second-order valence-electron chi connectivity index (χ2n) is 4.05. The lowest BCUT2D eigenvalue weighted by atomic mass is 9.96. The van der Waals surface area contributed by atoms with Crippen molar-refractivity contribution in [1.82, 2.24) is 10.2 Å². The van der Waals surface area contributed by atoms with Crippen LogP contribution < -0.4 is 5.32 Å². The van der Waals surface area contributed by atoms with Gasteiger partial charge in [-0.05, 0) is 6.92 Å². The predicted molar refractivity (Wildman–Crippen MR) is 57.5 cm³/mol. The lowest BCUT2D eigenvalue weighted by molar-refractivity contribution is -0.138. The van der Waals surface area contributed by atoms with Crippen molar-refractivity contribution in [3.8, 4) is 0 Å². The second-order valence-corrected chi connectivity index (χ2v) is 4.05. The number of amides is 2. The van der Waals surface area contributed by atoms with E-state index in [-0.39, 0.29) is 24.3 Å². The molecule has 2 fully saturated rings. The van der Waals surface area contributed by atoms with Crippen molar-refractivity contribution in [3.05, 3.63) is 11.8 Å². The molecule has 92 valence electrons. The van der Waals surface area contributed by atoms with Crippen molar-refractivity contribution in [3.63, 3.8) is 0 Å². The van der Waals surface area contributed by atoms with Gasteiger partial charge >= 0.3 is 5.97 Å². The first-order valence-electron chi connectivity index (χ1n) is 5.50. The second kappa shape index (κ2) is 4.20. The van der Waals surface area contributed by atoms with E-state index < -0.39 is 11.9 Å². The predicted octanol–water partition coefficient (Wildman–Crippen LogP) is -0.732. The van der Waals surface area contributed by atoms with Gasteiger partial charge in [0.15, 0.2) is 0 Å². The highest BCUT2D eigenvalue weighted by Crippen LogP contribution is 2.34. The van der Waals surface area contributed by atoms with Crippen LogP contribution in [-0.4, -0.2) is 42.9 Å². The number of rotatable bonds is 2. The van der Waals surface area contributed by atoms with E-state index in [1.165, 1.54) is 13.1 Å². The molecule has 6 nitrogen and oxygen atoms in total. The Bertz CT molecular complexity index is 416. The van der Waals surface area contributed by atoms with E-state index in [4.69, 9.17) is 4.74 Å². The number of carbonyl (C=O) groups excluding carboxylic acids is 3. The Morgan fingerprint density at radius 1 is 1.53 bits per heavy atom. The van der Waals surface area contributed by atoms with E-state index in [0.717, 1.165) is 4.90 Å². The van der Waals surface area contributed by atoms with Gasteiger partial charge in [-0.2, -0.15) is 0 Å². The quantitative estimate of drug-likeness (QED) is 0.390. The number of imide groups is 1. The first-order valence-corrected chi connectivity index (χ1v) is 5.50. The Morgan fingerprint density at radius 3 is 2.88 bits per heavy atom. The Labute approximate surface area is 98.6 Å². The molecule has 2 saturated heterocycles. The van der Waals surface area contributed by atoms with Crippen LogP contribution in [0.5, 0.6) is 0 Å². The summed E-state index contributed by atoms with van der Waals surface area (Å²) in [4.78, 5) is 35.9. The van der Waals surface area contributed by atoms with Crippen LogP contribution in [0.15, 0.2) is 11.8 Å². The fraction of sp³-hybridized carbons (Fsp3) is 0.545. The Morgan fingerprint density at radius 2 is 2.24 bits per heavy atom. The van der Waals surface area contributed by atoms with E-state index in [2.05, 4.69) is 5.32 Å². The van der Waals surface area contributed by atoms with Crippen LogP contribution in [0.3, 0.4) is 0 Å². The maximum absolute atomic E-state index is 11.8. The average molecular weight is 238 g/mol. The SMILES string of the molecule is CCOC(=O)C=C1NCC2C(=O)N(C)C(=O)C12. The number of esters is 1. The van der Waals surface area contributed by atoms with Crippen molar-refractivity contribution in [2.24, 2.45) is 11.8 Å². The Balaban J connectivity index is 2.21. The zero-order valence-electron chi connectivity index (χ0n) is 9.73.